The Balaban J connectivity index is 1.44. The quantitative estimate of drug-likeness (QED) is 0.489. The van der Waals surface area contributed by atoms with Crippen LogP contribution in [0.4, 0.5) is 5.69 Å². The topological polar surface area (TPSA) is 70.8 Å². The minimum Gasteiger partial charge on any atom is -0.495 e. The van der Waals surface area contributed by atoms with Gasteiger partial charge in [-0.1, -0.05) is 30.3 Å². The van der Waals surface area contributed by atoms with Crippen LogP contribution in [0.25, 0.3) is 5.69 Å². The summed E-state index contributed by atoms with van der Waals surface area (Å²) in [6.07, 6.45) is 1.74. The number of nitrogens with zero attached hydrogens (tertiary/aromatic N) is 6. The minimum atomic E-state index is 0.462. The van der Waals surface area contributed by atoms with Gasteiger partial charge in [-0.25, -0.2) is 4.99 Å². The first kappa shape index (κ1) is 20.7. The maximum Gasteiger partial charge on any atom is 0.194 e. The number of aromatic nitrogens is 3. The highest BCUT2D eigenvalue weighted by Gasteiger charge is 2.21. The van der Waals surface area contributed by atoms with Gasteiger partial charge in [0, 0.05) is 38.4 Å². The van der Waals surface area contributed by atoms with E-state index in [9.17, 15) is 0 Å². The van der Waals surface area contributed by atoms with E-state index in [0.29, 0.717) is 6.54 Å². The van der Waals surface area contributed by atoms with E-state index in [1.54, 1.807) is 13.4 Å². The van der Waals surface area contributed by atoms with Crippen LogP contribution in [0, 0.1) is 0 Å². The number of anilines is 1. The van der Waals surface area contributed by atoms with Crippen LogP contribution in [0.5, 0.6) is 5.75 Å². The lowest BCUT2D eigenvalue weighted by molar-refractivity contribution is 0.367. The summed E-state index contributed by atoms with van der Waals surface area (Å²) in [6.45, 7) is 6.95. The molecule has 3 aromatic rings. The number of piperazine rings is 1. The monoisotopic (exact) mass is 419 g/mol. The van der Waals surface area contributed by atoms with Gasteiger partial charge in [0.1, 0.15) is 18.6 Å². The molecule has 4 rings (SSSR count). The van der Waals surface area contributed by atoms with E-state index in [0.717, 1.165) is 61.6 Å². The maximum atomic E-state index is 5.53. The number of hydrogen-bond acceptors (Lipinski definition) is 5. The summed E-state index contributed by atoms with van der Waals surface area (Å²) in [6, 6.07) is 18.3. The third-order valence-corrected chi connectivity index (χ3v) is 5.36. The van der Waals surface area contributed by atoms with Gasteiger partial charge in [0.2, 0.25) is 0 Å². The molecule has 31 heavy (non-hydrogen) atoms. The van der Waals surface area contributed by atoms with E-state index in [1.165, 1.54) is 0 Å². The fourth-order valence-electron chi connectivity index (χ4n) is 3.79. The van der Waals surface area contributed by atoms with E-state index >= 15 is 0 Å². The lowest BCUT2D eigenvalue weighted by Gasteiger charge is -2.38. The van der Waals surface area contributed by atoms with Gasteiger partial charge in [0.25, 0.3) is 0 Å². The zero-order valence-electron chi connectivity index (χ0n) is 18.1. The second-order valence-corrected chi connectivity index (χ2v) is 7.27. The lowest BCUT2D eigenvalue weighted by atomic mass is 10.2. The molecular weight excluding hydrogens is 390 g/mol. The van der Waals surface area contributed by atoms with Crippen molar-refractivity contribution in [2.45, 2.75) is 13.5 Å². The van der Waals surface area contributed by atoms with Gasteiger partial charge in [0.15, 0.2) is 11.8 Å². The number of guanidine groups is 1. The van der Waals surface area contributed by atoms with E-state index in [1.807, 2.05) is 47.0 Å². The average Bonchev–Trinajstić information content (AvgIpc) is 3.31. The van der Waals surface area contributed by atoms with Crippen molar-refractivity contribution in [2.75, 3.05) is 44.7 Å². The van der Waals surface area contributed by atoms with Gasteiger partial charge in [-0.3, -0.25) is 4.57 Å². The van der Waals surface area contributed by atoms with Gasteiger partial charge in [-0.2, -0.15) is 0 Å². The van der Waals surface area contributed by atoms with Crippen molar-refractivity contribution < 1.29 is 4.74 Å². The molecule has 0 radical (unpaired) electrons. The van der Waals surface area contributed by atoms with Gasteiger partial charge in [-0.05, 0) is 31.2 Å². The minimum absolute atomic E-state index is 0.462. The second-order valence-electron chi connectivity index (χ2n) is 7.27. The van der Waals surface area contributed by atoms with Crippen LogP contribution < -0.4 is 15.0 Å². The summed E-state index contributed by atoms with van der Waals surface area (Å²) in [7, 11) is 1.72. The van der Waals surface area contributed by atoms with Crippen LogP contribution in [-0.2, 0) is 6.54 Å². The van der Waals surface area contributed by atoms with Gasteiger partial charge >= 0.3 is 0 Å². The zero-order chi connectivity index (χ0) is 21.5. The molecule has 2 aromatic carbocycles. The Bertz CT molecular complexity index is 994. The Morgan fingerprint density at radius 1 is 1.03 bits per heavy atom. The van der Waals surface area contributed by atoms with Crippen molar-refractivity contribution in [3.8, 4) is 11.4 Å². The number of nitrogens with one attached hydrogen (secondary N) is 1. The van der Waals surface area contributed by atoms with Crippen LogP contribution in [0.2, 0.25) is 0 Å². The largest absolute Gasteiger partial charge is 0.495 e. The number of methoxy groups -OCH3 is 1. The molecule has 1 fully saturated rings. The normalized spacial score (nSPS) is 14.6. The van der Waals surface area contributed by atoms with Crippen LogP contribution in [0.1, 0.15) is 12.7 Å². The number of benzene rings is 2. The van der Waals surface area contributed by atoms with Gasteiger partial charge < -0.3 is 19.9 Å². The number of ether oxygens (including phenoxy) is 1. The van der Waals surface area contributed by atoms with Crippen LogP contribution in [0.3, 0.4) is 0 Å². The number of hydrogen-bond donors (Lipinski definition) is 1. The Morgan fingerprint density at radius 2 is 1.77 bits per heavy atom. The molecule has 0 bridgehead atoms. The SMILES string of the molecule is CCNC(=NCc1nncn1-c1ccccc1)N1CCN(c2ccccc2OC)CC1. The summed E-state index contributed by atoms with van der Waals surface area (Å²) >= 11 is 0. The molecule has 1 aliphatic rings. The first-order valence-corrected chi connectivity index (χ1v) is 10.7. The van der Waals surface area contributed by atoms with E-state index in [-0.39, 0.29) is 0 Å². The number of para-hydroxylation sites is 3. The second kappa shape index (κ2) is 9.97. The summed E-state index contributed by atoms with van der Waals surface area (Å²) in [4.78, 5) is 9.53. The lowest BCUT2D eigenvalue weighted by Crippen LogP contribution is -2.52. The van der Waals surface area contributed by atoms with Crippen molar-refractivity contribution in [1.29, 1.82) is 0 Å². The Labute approximate surface area is 183 Å². The van der Waals surface area contributed by atoms with Crippen LogP contribution >= 0.6 is 0 Å². The van der Waals surface area contributed by atoms with Crippen LogP contribution in [-0.4, -0.2) is 65.5 Å². The third kappa shape index (κ3) is 4.79. The van der Waals surface area contributed by atoms with Crippen LogP contribution in [0.15, 0.2) is 65.9 Å². The first-order chi connectivity index (χ1) is 15.3. The van der Waals surface area contributed by atoms with Gasteiger partial charge in [0.05, 0.1) is 12.8 Å². The molecule has 0 saturated carbocycles. The highest BCUT2D eigenvalue weighted by Crippen LogP contribution is 2.28. The average molecular weight is 420 g/mol. The predicted molar refractivity (Wildman–Crippen MR) is 123 cm³/mol. The van der Waals surface area contributed by atoms with Crippen molar-refractivity contribution in [3.05, 3.63) is 66.7 Å². The summed E-state index contributed by atoms with van der Waals surface area (Å²) in [5.74, 6) is 2.64. The van der Waals surface area contributed by atoms with Crippen molar-refractivity contribution in [1.82, 2.24) is 25.0 Å². The predicted octanol–water partition coefficient (Wildman–Crippen LogP) is 2.56. The fraction of sp³-hybridized carbons (Fsp3) is 0.348. The standard InChI is InChI=1S/C23H29N7O/c1-3-24-23(25-17-22-27-26-18-30(22)19-9-5-4-6-10-19)29-15-13-28(14-16-29)20-11-7-8-12-21(20)31-2/h4-12,18H,3,13-17H2,1-2H3,(H,24,25). The van der Waals surface area contributed by atoms with Crippen molar-refractivity contribution in [3.63, 3.8) is 0 Å². The molecule has 0 amide bonds. The molecule has 1 aliphatic heterocycles. The van der Waals surface area contributed by atoms with E-state index < -0.39 is 0 Å². The zero-order valence-corrected chi connectivity index (χ0v) is 18.1. The molecule has 0 spiro atoms. The molecule has 0 aliphatic carbocycles. The molecule has 1 saturated heterocycles. The summed E-state index contributed by atoms with van der Waals surface area (Å²) in [5.41, 5.74) is 2.18. The van der Waals surface area contributed by atoms with Crippen molar-refractivity contribution in [2.24, 2.45) is 4.99 Å². The molecule has 162 valence electrons. The Morgan fingerprint density at radius 3 is 2.52 bits per heavy atom. The molecule has 1 N–H and O–H groups in total. The molecule has 0 unspecified atom stereocenters. The molecule has 8 nitrogen and oxygen atoms in total. The summed E-state index contributed by atoms with van der Waals surface area (Å²) in [5, 5.41) is 11.8. The molecular formula is C23H29N7O. The maximum absolute atomic E-state index is 5.53. The number of rotatable bonds is 6. The third-order valence-electron chi connectivity index (χ3n) is 5.36. The molecule has 8 heteroatoms. The first-order valence-electron chi connectivity index (χ1n) is 10.7. The summed E-state index contributed by atoms with van der Waals surface area (Å²) < 4.78 is 7.51. The molecule has 1 aromatic heterocycles. The fourth-order valence-corrected chi connectivity index (χ4v) is 3.79. The van der Waals surface area contributed by atoms with Gasteiger partial charge in [-0.15, -0.1) is 10.2 Å². The van der Waals surface area contributed by atoms with E-state index in [2.05, 4.69) is 44.4 Å². The van der Waals surface area contributed by atoms with E-state index in [4.69, 9.17) is 9.73 Å². The Kier molecular flexibility index (Phi) is 6.66. The highest BCUT2D eigenvalue weighted by molar-refractivity contribution is 5.80. The molecule has 2 heterocycles. The highest BCUT2D eigenvalue weighted by atomic mass is 16.5. The number of aliphatic imine (C=N–C) groups is 1. The molecule has 0 atom stereocenters. The Hall–Kier alpha value is -3.55. The van der Waals surface area contributed by atoms with Crippen molar-refractivity contribution >= 4 is 11.6 Å². The smallest absolute Gasteiger partial charge is 0.194 e.